The minimum absolute atomic E-state index is 0.223. The maximum Gasteiger partial charge on any atom is 0.338 e. The van der Waals surface area contributed by atoms with Crippen LogP contribution in [0, 0.1) is 0 Å². The lowest BCUT2D eigenvalue weighted by molar-refractivity contribution is 0.0500. The van der Waals surface area contributed by atoms with E-state index in [2.05, 4.69) is 10.3 Å². The number of amides is 1. The molecule has 142 valence electrons. The first-order valence-electron chi connectivity index (χ1n) is 9.01. The van der Waals surface area contributed by atoms with Crippen molar-refractivity contribution in [2.45, 2.75) is 19.8 Å². The number of hydrogen-bond donors (Lipinski definition) is 1. The van der Waals surface area contributed by atoms with Gasteiger partial charge in [-0.05, 0) is 36.8 Å². The summed E-state index contributed by atoms with van der Waals surface area (Å²) in [4.78, 5) is 29.0. The van der Waals surface area contributed by atoms with Crippen LogP contribution in [0.2, 0.25) is 0 Å². The zero-order valence-electron chi connectivity index (χ0n) is 15.2. The highest BCUT2D eigenvalue weighted by Crippen LogP contribution is 2.28. The molecule has 1 N–H and O–H groups in total. The number of carbonyl (C=O) groups excluding carboxylic acids is 2. The molecule has 0 bridgehead atoms. The topological polar surface area (TPSA) is 81.4 Å². The maximum absolute atomic E-state index is 12.5. The number of anilines is 1. The van der Waals surface area contributed by atoms with Gasteiger partial charge in [-0.1, -0.05) is 42.9 Å². The molecule has 0 aliphatic rings. The number of thiazole rings is 1. The number of aromatic nitrogens is 1. The van der Waals surface area contributed by atoms with Crippen molar-refractivity contribution in [3.63, 3.8) is 0 Å². The van der Waals surface area contributed by atoms with E-state index in [9.17, 15) is 9.59 Å². The number of nitrogens with one attached hydrogen (secondary N) is 1. The van der Waals surface area contributed by atoms with Crippen molar-refractivity contribution in [2.75, 3.05) is 11.9 Å². The lowest BCUT2D eigenvalue weighted by Gasteiger charge is -2.03. The van der Waals surface area contributed by atoms with Gasteiger partial charge in [-0.3, -0.25) is 10.1 Å². The minimum atomic E-state index is -0.366. The smallest absolute Gasteiger partial charge is 0.338 e. The number of unbranched alkanes of at least 4 members (excludes halogenated alkanes) is 1. The fourth-order valence-corrected chi connectivity index (χ4v) is 3.65. The average molecular weight is 394 g/mol. The highest BCUT2D eigenvalue weighted by molar-refractivity contribution is 7.22. The van der Waals surface area contributed by atoms with Gasteiger partial charge >= 0.3 is 5.97 Å². The monoisotopic (exact) mass is 394 g/mol. The molecular formula is C21H18N2O4S. The van der Waals surface area contributed by atoms with E-state index < -0.39 is 0 Å². The average Bonchev–Trinajstić information content (AvgIpc) is 3.30. The molecule has 0 aliphatic carbocycles. The normalized spacial score (nSPS) is 11.0. The molecule has 2 heterocycles. The summed E-state index contributed by atoms with van der Waals surface area (Å²) in [5, 5.41) is 4.06. The summed E-state index contributed by atoms with van der Waals surface area (Å²) in [5.74, 6) is -0.494. The quantitative estimate of drug-likeness (QED) is 0.357. The van der Waals surface area contributed by atoms with E-state index in [0.29, 0.717) is 28.4 Å². The van der Waals surface area contributed by atoms with Gasteiger partial charge in [-0.25, -0.2) is 9.78 Å². The van der Waals surface area contributed by atoms with Crippen LogP contribution in [0.15, 0.2) is 52.9 Å². The van der Waals surface area contributed by atoms with Crippen LogP contribution in [0.25, 0.3) is 21.2 Å². The second-order valence-electron chi connectivity index (χ2n) is 6.29. The molecule has 4 rings (SSSR count). The fourth-order valence-electron chi connectivity index (χ4n) is 2.75. The molecule has 1 amide bonds. The molecule has 2 aromatic carbocycles. The van der Waals surface area contributed by atoms with E-state index in [4.69, 9.17) is 9.15 Å². The Bertz CT molecular complexity index is 1130. The molecule has 4 aromatic rings. The molecule has 28 heavy (non-hydrogen) atoms. The SMILES string of the molecule is CCCCOC(=O)c1ccc2nc(NC(=O)c3cc4ccccc4o3)sc2c1. The summed E-state index contributed by atoms with van der Waals surface area (Å²) in [6.45, 7) is 2.45. The zero-order chi connectivity index (χ0) is 19.5. The highest BCUT2D eigenvalue weighted by atomic mass is 32.1. The van der Waals surface area contributed by atoms with Crippen molar-refractivity contribution >= 4 is 49.5 Å². The Hall–Kier alpha value is -3.19. The van der Waals surface area contributed by atoms with Gasteiger partial charge in [-0.15, -0.1) is 0 Å². The predicted octanol–water partition coefficient (Wildman–Crippen LogP) is 5.25. The molecule has 0 atom stereocenters. The number of esters is 1. The van der Waals surface area contributed by atoms with Crippen LogP contribution < -0.4 is 5.32 Å². The summed E-state index contributed by atoms with van der Waals surface area (Å²) in [6.07, 6.45) is 1.81. The summed E-state index contributed by atoms with van der Waals surface area (Å²) in [5.41, 5.74) is 1.83. The van der Waals surface area contributed by atoms with Gasteiger partial charge in [-0.2, -0.15) is 0 Å². The molecule has 0 aliphatic heterocycles. The third-order valence-corrected chi connectivity index (χ3v) is 5.16. The first-order chi connectivity index (χ1) is 13.6. The van der Waals surface area contributed by atoms with Gasteiger partial charge in [0, 0.05) is 5.39 Å². The van der Waals surface area contributed by atoms with E-state index in [1.807, 2.05) is 31.2 Å². The van der Waals surface area contributed by atoms with Gasteiger partial charge in [0.15, 0.2) is 10.9 Å². The molecular weight excluding hydrogens is 376 g/mol. The number of carbonyl (C=O) groups is 2. The second-order valence-corrected chi connectivity index (χ2v) is 7.32. The van der Waals surface area contributed by atoms with Crippen LogP contribution in [0.3, 0.4) is 0 Å². The van der Waals surface area contributed by atoms with E-state index >= 15 is 0 Å². The second kappa shape index (κ2) is 7.82. The Morgan fingerprint density at radius 3 is 2.86 bits per heavy atom. The van der Waals surface area contributed by atoms with Crippen molar-refractivity contribution < 1.29 is 18.7 Å². The van der Waals surface area contributed by atoms with Crippen molar-refractivity contribution in [1.82, 2.24) is 4.98 Å². The van der Waals surface area contributed by atoms with Gasteiger partial charge in [0.1, 0.15) is 5.58 Å². The molecule has 0 unspecified atom stereocenters. The van der Waals surface area contributed by atoms with Gasteiger partial charge in [0.25, 0.3) is 5.91 Å². The lowest BCUT2D eigenvalue weighted by Crippen LogP contribution is -2.10. The number of ether oxygens (including phenoxy) is 1. The van der Waals surface area contributed by atoms with Crippen LogP contribution >= 0.6 is 11.3 Å². The summed E-state index contributed by atoms with van der Waals surface area (Å²) in [6, 6.07) is 14.3. The molecule has 2 aromatic heterocycles. The fraction of sp³-hybridized carbons (Fsp3) is 0.190. The third kappa shape index (κ3) is 3.75. The Labute approximate surface area is 165 Å². The van der Waals surface area contributed by atoms with Crippen LogP contribution in [0.1, 0.15) is 40.7 Å². The standard InChI is InChI=1S/C21H18N2O4S/c1-2-3-10-26-20(25)14-8-9-15-18(12-14)28-21(22-15)23-19(24)17-11-13-6-4-5-7-16(13)27-17/h4-9,11-12H,2-3,10H2,1H3,(H,22,23,24). The molecule has 0 spiro atoms. The first-order valence-corrected chi connectivity index (χ1v) is 9.83. The largest absolute Gasteiger partial charge is 0.462 e. The van der Waals surface area contributed by atoms with Crippen LogP contribution in [0.5, 0.6) is 0 Å². The van der Waals surface area contributed by atoms with Gasteiger partial charge in [0.2, 0.25) is 0 Å². The first kappa shape index (κ1) is 18.2. The van der Waals surface area contributed by atoms with Crippen LogP contribution in [-0.2, 0) is 4.74 Å². The molecule has 0 saturated heterocycles. The number of para-hydroxylation sites is 1. The van der Waals surface area contributed by atoms with Crippen LogP contribution in [0.4, 0.5) is 5.13 Å². The number of benzene rings is 2. The molecule has 0 radical (unpaired) electrons. The molecule has 0 fully saturated rings. The molecule has 0 saturated carbocycles. The zero-order valence-corrected chi connectivity index (χ0v) is 16.0. The Kier molecular flexibility index (Phi) is 5.08. The lowest BCUT2D eigenvalue weighted by atomic mass is 10.2. The van der Waals surface area contributed by atoms with Crippen molar-refractivity contribution in [1.29, 1.82) is 0 Å². The Morgan fingerprint density at radius 1 is 1.18 bits per heavy atom. The van der Waals surface area contributed by atoms with Gasteiger partial charge < -0.3 is 9.15 Å². The molecule has 7 heteroatoms. The van der Waals surface area contributed by atoms with Crippen molar-refractivity contribution in [3.05, 3.63) is 59.9 Å². The third-order valence-electron chi connectivity index (χ3n) is 4.22. The Balaban J connectivity index is 1.51. The van der Waals surface area contributed by atoms with E-state index in [1.54, 1.807) is 24.3 Å². The number of fused-ring (bicyclic) bond motifs is 2. The van der Waals surface area contributed by atoms with E-state index in [-0.39, 0.29) is 17.6 Å². The number of hydrogen-bond acceptors (Lipinski definition) is 6. The van der Waals surface area contributed by atoms with Crippen molar-refractivity contribution in [2.24, 2.45) is 0 Å². The number of rotatable bonds is 6. The summed E-state index contributed by atoms with van der Waals surface area (Å²) < 4.78 is 11.6. The summed E-state index contributed by atoms with van der Waals surface area (Å²) in [7, 11) is 0. The van der Waals surface area contributed by atoms with E-state index in [1.165, 1.54) is 11.3 Å². The summed E-state index contributed by atoms with van der Waals surface area (Å²) >= 11 is 1.29. The predicted molar refractivity (Wildman–Crippen MR) is 109 cm³/mol. The number of furan rings is 1. The minimum Gasteiger partial charge on any atom is -0.462 e. The van der Waals surface area contributed by atoms with Crippen LogP contribution in [-0.4, -0.2) is 23.5 Å². The molecule has 6 nitrogen and oxygen atoms in total. The number of nitrogens with zero attached hydrogens (tertiary/aromatic N) is 1. The highest BCUT2D eigenvalue weighted by Gasteiger charge is 2.15. The Morgan fingerprint density at radius 2 is 2.04 bits per heavy atom. The van der Waals surface area contributed by atoms with E-state index in [0.717, 1.165) is 22.9 Å². The maximum atomic E-state index is 12.5. The van der Waals surface area contributed by atoms with Gasteiger partial charge in [0.05, 0.1) is 22.4 Å². The van der Waals surface area contributed by atoms with Crippen molar-refractivity contribution in [3.8, 4) is 0 Å².